The molecule has 0 spiro atoms. The molecule has 0 saturated carbocycles. The molecule has 30 heavy (non-hydrogen) atoms. The Morgan fingerprint density at radius 1 is 1.13 bits per heavy atom. The molecule has 0 unspecified atom stereocenters. The fourth-order valence-corrected chi connectivity index (χ4v) is 4.47. The van der Waals surface area contributed by atoms with Crippen LogP contribution in [0.2, 0.25) is 5.02 Å². The van der Waals surface area contributed by atoms with Crippen LogP contribution in [0.1, 0.15) is 22.2 Å². The molecule has 5 nitrogen and oxygen atoms in total. The summed E-state index contributed by atoms with van der Waals surface area (Å²) in [7, 11) is 0. The lowest BCUT2D eigenvalue weighted by molar-refractivity contribution is -0.118. The van der Waals surface area contributed by atoms with E-state index in [1.54, 1.807) is 25.1 Å². The highest BCUT2D eigenvalue weighted by atomic mass is 79.9. The number of para-hydroxylation sites is 1. The molecular weight excluding hydrogens is 490 g/mol. The predicted molar refractivity (Wildman–Crippen MR) is 124 cm³/mol. The van der Waals surface area contributed by atoms with E-state index >= 15 is 0 Å². The minimum absolute atomic E-state index is 0.196. The number of esters is 1. The van der Waals surface area contributed by atoms with Gasteiger partial charge in [0.25, 0.3) is 5.91 Å². The number of benzene rings is 2. The van der Waals surface area contributed by atoms with E-state index < -0.39 is 5.97 Å². The van der Waals surface area contributed by atoms with E-state index in [2.05, 4.69) is 21.2 Å². The molecular formula is C22H19BrClNO4S. The molecule has 0 aliphatic carbocycles. The molecule has 2 aromatic carbocycles. The second-order valence-electron chi connectivity index (χ2n) is 6.23. The molecule has 0 aliphatic heterocycles. The smallest absolute Gasteiger partial charge is 0.341 e. The zero-order valence-corrected chi connectivity index (χ0v) is 19.5. The molecule has 0 atom stereocenters. The Bertz CT molecular complexity index is 1070. The molecule has 0 aliphatic rings. The van der Waals surface area contributed by atoms with Gasteiger partial charge < -0.3 is 14.8 Å². The van der Waals surface area contributed by atoms with Crippen molar-refractivity contribution >= 4 is 55.7 Å². The first-order chi connectivity index (χ1) is 14.4. The van der Waals surface area contributed by atoms with E-state index in [1.165, 1.54) is 11.3 Å². The molecule has 1 amide bonds. The number of thiophene rings is 1. The Hall–Kier alpha value is -2.35. The normalized spacial score (nSPS) is 10.5. The van der Waals surface area contributed by atoms with Crippen LogP contribution in [0, 0.1) is 6.92 Å². The topological polar surface area (TPSA) is 64.6 Å². The van der Waals surface area contributed by atoms with Crippen molar-refractivity contribution in [3.05, 3.63) is 68.5 Å². The number of carbonyl (C=O) groups excluding carboxylic acids is 2. The van der Waals surface area contributed by atoms with Gasteiger partial charge in [-0.05, 0) is 59.6 Å². The van der Waals surface area contributed by atoms with Crippen molar-refractivity contribution < 1.29 is 19.1 Å². The Labute approximate surface area is 192 Å². The largest absolute Gasteiger partial charge is 0.483 e. The maximum absolute atomic E-state index is 12.7. The molecule has 3 rings (SSSR count). The average Bonchev–Trinajstić information content (AvgIpc) is 3.04. The minimum Gasteiger partial charge on any atom is -0.483 e. The fourth-order valence-electron chi connectivity index (χ4n) is 2.86. The second kappa shape index (κ2) is 10.1. The second-order valence-corrected chi connectivity index (χ2v) is 8.75. The summed E-state index contributed by atoms with van der Waals surface area (Å²) in [5.74, 6) is -0.309. The Kier molecular flexibility index (Phi) is 7.53. The van der Waals surface area contributed by atoms with Crippen LogP contribution in [0.5, 0.6) is 5.75 Å². The molecule has 0 fully saturated rings. The van der Waals surface area contributed by atoms with Gasteiger partial charge in [-0.2, -0.15) is 0 Å². The number of ether oxygens (including phenoxy) is 2. The van der Waals surface area contributed by atoms with E-state index in [-0.39, 0.29) is 19.1 Å². The first-order valence-electron chi connectivity index (χ1n) is 9.14. The van der Waals surface area contributed by atoms with Crippen molar-refractivity contribution in [1.29, 1.82) is 0 Å². The van der Waals surface area contributed by atoms with Crippen LogP contribution in [-0.4, -0.2) is 25.1 Å². The number of nitrogens with one attached hydrogen (secondary N) is 1. The maximum atomic E-state index is 12.7. The lowest BCUT2D eigenvalue weighted by atomic mass is 10.0. The zero-order valence-electron chi connectivity index (χ0n) is 16.3. The Balaban J connectivity index is 1.87. The maximum Gasteiger partial charge on any atom is 0.341 e. The highest BCUT2D eigenvalue weighted by Crippen LogP contribution is 2.40. The van der Waals surface area contributed by atoms with Gasteiger partial charge in [0.15, 0.2) is 6.61 Å². The third-order valence-corrected chi connectivity index (χ3v) is 6.07. The summed E-state index contributed by atoms with van der Waals surface area (Å²) in [6, 6.07) is 14.4. The van der Waals surface area contributed by atoms with Crippen LogP contribution < -0.4 is 10.1 Å². The van der Waals surface area contributed by atoms with Gasteiger partial charge in [-0.3, -0.25) is 4.79 Å². The fraction of sp³-hybridized carbons (Fsp3) is 0.182. The highest BCUT2D eigenvalue weighted by Gasteiger charge is 2.25. The van der Waals surface area contributed by atoms with Crippen molar-refractivity contribution in [2.45, 2.75) is 13.8 Å². The predicted octanol–water partition coefficient (Wildman–Crippen LogP) is 6.33. The van der Waals surface area contributed by atoms with Gasteiger partial charge in [0.2, 0.25) is 0 Å². The third kappa shape index (κ3) is 5.22. The molecule has 1 heterocycles. The van der Waals surface area contributed by atoms with Gasteiger partial charge in [-0.25, -0.2) is 4.79 Å². The lowest BCUT2D eigenvalue weighted by Crippen LogP contribution is -2.21. The Morgan fingerprint density at radius 3 is 2.50 bits per heavy atom. The molecule has 3 aromatic rings. The van der Waals surface area contributed by atoms with Crippen LogP contribution in [0.4, 0.5) is 5.00 Å². The molecule has 0 saturated heterocycles. The van der Waals surface area contributed by atoms with E-state index in [0.29, 0.717) is 21.3 Å². The van der Waals surface area contributed by atoms with E-state index in [4.69, 9.17) is 21.1 Å². The van der Waals surface area contributed by atoms with Crippen LogP contribution in [0.15, 0.2) is 53.0 Å². The summed E-state index contributed by atoms with van der Waals surface area (Å²) in [5.41, 5.74) is 1.87. The number of hydrogen-bond acceptors (Lipinski definition) is 5. The number of amides is 1. The highest BCUT2D eigenvalue weighted by molar-refractivity contribution is 9.10. The monoisotopic (exact) mass is 507 g/mol. The van der Waals surface area contributed by atoms with Crippen LogP contribution in [-0.2, 0) is 9.53 Å². The number of aryl methyl sites for hydroxylation is 1. The molecule has 156 valence electrons. The molecule has 1 N–H and O–H groups in total. The quantitative estimate of drug-likeness (QED) is 0.379. The number of halogens is 2. The number of anilines is 1. The van der Waals surface area contributed by atoms with E-state index in [9.17, 15) is 9.59 Å². The van der Waals surface area contributed by atoms with Crippen molar-refractivity contribution in [3.63, 3.8) is 0 Å². The number of hydrogen-bond donors (Lipinski definition) is 1. The minimum atomic E-state index is -0.492. The van der Waals surface area contributed by atoms with Crippen molar-refractivity contribution in [2.24, 2.45) is 0 Å². The summed E-state index contributed by atoms with van der Waals surface area (Å²) in [6.45, 7) is 3.66. The van der Waals surface area contributed by atoms with Gasteiger partial charge in [-0.1, -0.05) is 35.9 Å². The SMILES string of the molecule is CCOC(=O)c1c(NC(=O)COc2ccccc2Br)sc(C)c1-c1ccc(Cl)cc1. The third-order valence-electron chi connectivity index (χ3n) is 4.15. The van der Waals surface area contributed by atoms with Crippen LogP contribution in [0.25, 0.3) is 11.1 Å². The Morgan fingerprint density at radius 2 is 1.83 bits per heavy atom. The molecule has 8 heteroatoms. The van der Waals surface area contributed by atoms with Crippen LogP contribution >= 0.6 is 38.9 Å². The standard InChI is InChI=1S/C22H19BrClNO4S/c1-3-28-22(27)20-19(14-8-10-15(24)11-9-14)13(2)30-21(20)25-18(26)12-29-17-7-5-4-6-16(17)23/h4-11H,3,12H2,1-2H3,(H,25,26). The molecule has 0 radical (unpaired) electrons. The molecule has 1 aromatic heterocycles. The zero-order chi connectivity index (χ0) is 21.7. The molecule has 0 bridgehead atoms. The summed E-state index contributed by atoms with van der Waals surface area (Å²) < 4.78 is 11.6. The van der Waals surface area contributed by atoms with Gasteiger partial charge in [0.1, 0.15) is 16.3 Å². The summed E-state index contributed by atoms with van der Waals surface area (Å²) in [6.07, 6.45) is 0. The van der Waals surface area contributed by atoms with Gasteiger partial charge in [-0.15, -0.1) is 11.3 Å². The number of rotatable bonds is 7. The van der Waals surface area contributed by atoms with Crippen LogP contribution in [0.3, 0.4) is 0 Å². The first-order valence-corrected chi connectivity index (χ1v) is 11.1. The number of carbonyl (C=O) groups is 2. The van der Waals surface area contributed by atoms with Crippen molar-refractivity contribution in [3.8, 4) is 16.9 Å². The van der Waals surface area contributed by atoms with Crippen molar-refractivity contribution in [1.82, 2.24) is 0 Å². The summed E-state index contributed by atoms with van der Waals surface area (Å²) >= 11 is 10.7. The van der Waals surface area contributed by atoms with E-state index in [1.807, 2.05) is 37.3 Å². The van der Waals surface area contributed by atoms with Gasteiger partial charge >= 0.3 is 5.97 Å². The first kappa shape index (κ1) is 22.3. The van der Waals surface area contributed by atoms with Gasteiger partial charge in [0, 0.05) is 15.5 Å². The van der Waals surface area contributed by atoms with E-state index in [0.717, 1.165) is 20.5 Å². The lowest BCUT2D eigenvalue weighted by Gasteiger charge is -2.10. The van der Waals surface area contributed by atoms with Gasteiger partial charge in [0.05, 0.1) is 11.1 Å². The summed E-state index contributed by atoms with van der Waals surface area (Å²) in [4.78, 5) is 26.1. The van der Waals surface area contributed by atoms with Crippen molar-refractivity contribution in [2.75, 3.05) is 18.5 Å². The average molecular weight is 509 g/mol. The summed E-state index contributed by atoms with van der Waals surface area (Å²) in [5, 5.41) is 3.82.